The summed E-state index contributed by atoms with van der Waals surface area (Å²) in [5, 5.41) is 2.73. The zero-order valence-electron chi connectivity index (χ0n) is 16.0. The second-order valence-electron chi connectivity index (χ2n) is 7.51. The van der Waals surface area contributed by atoms with E-state index in [1.165, 1.54) is 18.9 Å². The monoisotopic (exact) mass is 370 g/mol. The largest absolute Gasteiger partial charge is 0.376 e. The maximum Gasteiger partial charge on any atom is 0.247 e. The van der Waals surface area contributed by atoms with Crippen LogP contribution < -0.4 is 5.32 Å². The molecule has 1 aliphatic heterocycles. The van der Waals surface area contributed by atoms with Crippen molar-refractivity contribution >= 4 is 17.5 Å². The van der Waals surface area contributed by atoms with Gasteiger partial charge in [-0.05, 0) is 55.9 Å². The molecule has 1 aliphatic carbocycles. The summed E-state index contributed by atoms with van der Waals surface area (Å²) in [5.74, 6) is 0.0145. The topological polar surface area (TPSA) is 58.6 Å². The number of ether oxygens (including phenoxy) is 1. The molecule has 0 spiro atoms. The van der Waals surface area contributed by atoms with Crippen LogP contribution in [0.2, 0.25) is 0 Å². The van der Waals surface area contributed by atoms with Gasteiger partial charge in [-0.2, -0.15) is 0 Å². The van der Waals surface area contributed by atoms with E-state index in [4.69, 9.17) is 4.74 Å². The maximum absolute atomic E-state index is 12.9. The number of hydrogen-bond acceptors (Lipinski definition) is 3. The van der Waals surface area contributed by atoms with Gasteiger partial charge < -0.3 is 15.0 Å². The van der Waals surface area contributed by atoms with Gasteiger partial charge in [0.1, 0.15) is 0 Å². The van der Waals surface area contributed by atoms with E-state index in [-0.39, 0.29) is 17.9 Å². The van der Waals surface area contributed by atoms with E-state index in [0.717, 1.165) is 50.1 Å². The highest BCUT2D eigenvalue weighted by Gasteiger charge is 2.29. The number of aryl methyl sites for hydroxylation is 1. The first-order valence-electron chi connectivity index (χ1n) is 10.1. The number of carbonyl (C=O) groups excluding carboxylic acids is 2. The number of rotatable bonds is 8. The van der Waals surface area contributed by atoms with Crippen molar-refractivity contribution in [2.45, 2.75) is 63.5 Å². The first kappa shape index (κ1) is 19.6. The fraction of sp³-hybridized carbons (Fsp3) is 0.545. The van der Waals surface area contributed by atoms with Crippen molar-refractivity contribution in [1.82, 2.24) is 4.90 Å². The molecule has 1 N–H and O–H groups in total. The number of amides is 2. The zero-order chi connectivity index (χ0) is 19.1. The minimum atomic E-state index is -0.223. The van der Waals surface area contributed by atoms with Crippen molar-refractivity contribution in [2.75, 3.05) is 18.5 Å². The molecule has 2 amide bonds. The summed E-state index contributed by atoms with van der Waals surface area (Å²) in [6.45, 7) is 5.02. The molecule has 1 aromatic carbocycles. The average Bonchev–Trinajstić information content (AvgIpc) is 3.39. The van der Waals surface area contributed by atoms with Crippen LogP contribution in [0.3, 0.4) is 0 Å². The van der Waals surface area contributed by atoms with Crippen molar-refractivity contribution < 1.29 is 14.3 Å². The van der Waals surface area contributed by atoms with E-state index in [2.05, 4.69) is 16.8 Å². The van der Waals surface area contributed by atoms with Gasteiger partial charge in [0.15, 0.2) is 0 Å². The van der Waals surface area contributed by atoms with Gasteiger partial charge in [0.25, 0.3) is 0 Å². The lowest BCUT2D eigenvalue weighted by Gasteiger charge is -2.31. The van der Waals surface area contributed by atoms with Gasteiger partial charge in [-0.3, -0.25) is 9.59 Å². The molecule has 3 rings (SSSR count). The summed E-state index contributed by atoms with van der Waals surface area (Å²) in [6, 6.07) is 8.04. The number of nitrogens with one attached hydrogen (secondary N) is 1. The number of carbonyl (C=O) groups is 2. The van der Waals surface area contributed by atoms with Crippen LogP contribution in [0.5, 0.6) is 0 Å². The Hall–Kier alpha value is -2.14. The van der Waals surface area contributed by atoms with Gasteiger partial charge in [0.2, 0.25) is 11.8 Å². The second-order valence-corrected chi connectivity index (χ2v) is 7.51. The van der Waals surface area contributed by atoms with Gasteiger partial charge in [0.05, 0.1) is 6.10 Å². The Labute approximate surface area is 161 Å². The van der Waals surface area contributed by atoms with Gasteiger partial charge in [0, 0.05) is 31.3 Å². The average molecular weight is 370 g/mol. The van der Waals surface area contributed by atoms with Crippen LogP contribution in [0.15, 0.2) is 36.9 Å². The number of nitrogens with zero attached hydrogens (tertiary/aromatic N) is 1. The first-order valence-corrected chi connectivity index (χ1v) is 10.1. The van der Waals surface area contributed by atoms with Crippen molar-refractivity contribution in [2.24, 2.45) is 0 Å². The lowest BCUT2D eigenvalue weighted by Crippen LogP contribution is -2.43. The van der Waals surface area contributed by atoms with E-state index in [9.17, 15) is 9.59 Å². The third-order valence-corrected chi connectivity index (χ3v) is 5.54. The predicted molar refractivity (Wildman–Crippen MR) is 107 cm³/mol. The molecule has 2 aliphatic rings. The van der Waals surface area contributed by atoms with E-state index < -0.39 is 0 Å². The van der Waals surface area contributed by atoms with Crippen LogP contribution in [0.4, 0.5) is 5.69 Å². The Morgan fingerprint density at radius 1 is 1.15 bits per heavy atom. The first-order chi connectivity index (χ1) is 13.2. The lowest BCUT2D eigenvalue weighted by atomic mass is 10.1. The van der Waals surface area contributed by atoms with E-state index in [0.29, 0.717) is 18.9 Å². The number of anilines is 1. The normalized spacial score (nSPS) is 19.8. The van der Waals surface area contributed by atoms with E-state index in [1.54, 1.807) is 0 Å². The van der Waals surface area contributed by atoms with Gasteiger partial charge in [-0.15, -0.1) is 0 Å². The molecule has 1 unspecified atom stereocenters. The highest BCUT2D eigenvalue weighted by molar-refractivity contribution is 5.98. The third-order valence-electron chi connectivity index (χ3n) is 5.54. The van der Waals surface area contributed by atoms with Crippen molar-refractivity contribution in [3.05, 3.63) is 42.5 Å². The molecule has 27 heavy (non-hydrogen) atoms. The Balaban J connectivity index is 1.54. The second kappa shape index (κ2) is 9.70. The maximum atomic E-state index is 12.9. The molecule has 2 fully saturated rings. The summed E-state index contributed by atoms with van der Waals surface area (Å²) >= 11 is 0. The standard InChI is InChI=1S/C22H30N2O3/c1-2-21(25)23-18-12-9-17(10-13-18)11-14-22(26)24(19-6-3-4-7-19)16-20-8-5-15-27-20/h2,9-10,12-13,19-20H,1,3-8,11,14-16H2,(H,23,25). The Kier molecular flexibility index (Phi) is 7.04. The molecule has 1 saturated heterocycles. The fourth-order valence-corrected chi connectivity index (χ4v) is 4.02. The Morgan fingerprint density at radius 2 is 1.89 bits per heavy atom. The molecule has 1 aromatic rings. The SMILES string of the molecule is C=CC(=O)Nc1ccc(CCC(=O)N(CC2CCCO2)C2CCCC2)cc1. The van der Waals surface area contributed by atoms with Crippen LogP contribution >= 0.6 is 0 Å². The minimum absolute atomic E-state index is 0.210. The molecular weight excluding hydrogens is 340 g/mol. The van der Waals surface area contributed by atoms with Crippen molar-refractivity contribution in [3.63, 3.8) is 0 Å². The molecule has 5 heteroatoms. The van der Waals surface area contributed by atoms with Gasteiger partial charge in [-0.25, -0.2) is 0 Å². The van der Waals surface area contributed by atoms with Crippen LogP contribution in [-0.2, 0) is 20.7 Å². The Bertz CT molecular complexity index is 644. The molecule has 1 heterocycles. The van der Waals surface area contributed by atoms with E-state index in [1.807, 2.05) is 24.3 Å². The Morgan fingerprint density at radius 3 is 2.52 bits per heavy atom. The fourth-order valence-electron chi connectivity index (χ4n) is 4.02. The van der Waals surface area contributed by atoms with Crippen LogP contribution in [0.1, 0.15) is 50.5 Å². The molecular formula is C22H30N2O3. The molecule has 5 nitrogen and oxygen atoms in total. The lowest BCUT2D eigenvalue weighted by molar-refractivity contribution is -0.135. The smallest absolute Gasteiger partial charge is 0.247 e. The number of hydrogen-bond donors (Lipinski definition) is 1. The van der Waals surface area contributed by atoms with Crippen LogP contribution in [0, 0.1) is 0 Å². The van der Waals surface area contributed by atoms with E-state index >= 15 is 0 Å². The highest BCUT2D eigenvalue weighted by Crippen LogP contribution is 2.26. The molecule has 1 atom stereocenters. The van der Waals surface area contributed by atoms with Crippen LogP contribution in [0.25, 0.3) is 0 Å². The molecule has 1 saturated carbocycles. The highest BCUT2D eigenvalue weighted by atomic mass is 16.5. The van der Waals surface area contributed by atoms with Gasteiger partial charge in [-0.1, -0.05) is 31.6 Å². The summed E-state index contributed by atoms with van der Waals surface area (Å²) < 4.78 is 5.77. The molecule has 0 bridgehead atoms. The zero-order valence-corrected chi connectivity index (χ0v) is 16.0. The minimum Gasteiger partial charge on any atom is -0.376 e. The van der Waals surface area contributed by atoms with Crippen LogP contribution in [-0.4, -0.2) is 42.0 Å². The number of benzene rings is 1. The summed E-state index contributed by atoms with van der Waals surface area (Å²) in [5.41, 5.74) is 1.84. The molecule has 0 aromatic heterocycles. The summed E-state index contributed by atoms with van der Waals surface area (Å²) in [7, 11) is 0. The summed E-state index contributed by atoms with van der Waals surface area (Å²) in [4.78, 5) is 26.4. The predicted octanol–water partition coefficient (Wildman–Crippen LogP) is 3.69. The van der Waals surface area contributed by atoms with Crippen molar-refractivity contribution in [3.8, 4) is 0 Å². The van der Waals surface area contributed by atoms with Crippen molar-refractivity contribution in [1.29, 1.82) is 0 Å². The third kappa shape index (κ3) is 5.67. The summed E-state index contributed by atoms with van der Waals surface area (Å²) in [6.07, 6.45) is 9.54. The molecule has 0 radical (unpaired) electrons. The molecule has 146 valence electrons. The van der Waals surface area contributed by atoms with Gasteiger partial charge >= 0.3 is 0 Å². The quantitative estimate of drug-likeness (QED) is 0.710.